The zero-order chi connectivity index (χ0) is 26.1. The predicted octanol–water partition coefficient (Wildman–Crippen LogP) is 5.58. The molecule has 0 amide bonds. The monoisotopic (exact) mass is 492 g/mol. The number of halogens is 1. The minimum atomic E-state index is -0.279. The SMILES string of the molecule is C=c1c(-c2cc3c(-c4cc(C)cc(F)c4)nccc3[nH]2)n[nH]/c1=C/C=C(\C)c1cncc(NC(C)C)c1. The normalized spacial score (nSPS) is 12.6. The fourth-order valence-corrected chi connectivity index (χ4v) is 4.40. The summed E-state index contributed by atoms with van der Waals surface area (Å²) in [5, 5.41) is 13.5. The lowest BCUT2D eigenvalue weighted by Gasteiger charge is -2.10. The number of hydrogen-bond donors (Lipinski definition) is 3. The number of rotatable bonds is 6. The highest BCUT2D eigenvalue weighted by atomic mass is 19.1. The molecule has 0 aliphatic heterocycles. The van der Waals surface area contributed by atoms with Gasteiger partial charge in [-0.3, -0.25) is 15.1 Å². The van der Waals surface area contributed by atoms with Gasteiger partial charge in [-0.05, 0) is 86.9 Å². The number of anilines is 1. The van der Waals surface area contributed by atoms with Gasteiger partial charge in [0.15, 0.2) is 0 Å². The zero-order valence-corrected chi connectivity index (χ0v) is 21.4. The number of allylic oxidation sites excluding steroid dienone is 2. The second-order valence-electron chi connectivity index (χ2n) is 9.56. The molecule has 0 fully saturated rings. The number of nitrogens with one attached hydrogen (secondary N) is 3. The molecule has 0 radical (unpaired) electrons. The molecular formula is C30H29FN6. The molecule has 0 saturated carbocycles. The van der Waals surface area contributed by atoms with Gasteiger partial charge in [0.05, 0.1) is 22.4 Å². The maximum atomic E-state index is 14.1. The summed E-state index contributed by atoms with van der Waals surface area (Å²) in [6.07, 6.45) is 9.40. The van der Waals surface area contributed by atoms with Crippen LogP contribution in [0, 0.1) is 12.7 Å². The van der Waals surface area contributed by atoms with Crippen LogP contribution >= 0.6 is 0 Å². The van der Waals surface area contributed by atoms with Crippen molar-refractivity contribution in [1.82, 2.24) is 25.1 Å². The van der Waals surface area contributed by atoms with Crippen molar-refractivity contribution in [2.45, 2.75) is 33.7 Å². The summed E-state index contributed by atoms with van der Waals surface area (Å²) in [5.74, 6) is -0.279. The summed E-state index contributed by atoms with van der Waals surface area (Å²) in [7, 11) is 0. The lowest BCUT2D eigenvalue weighted by molar-refractivity contribution is 0.627. The molecule has 4 heterocycles. The van der Waals surface area contributed by atoms with Crippen LogP contribution in [0.2, 0.25) is 0 Å². The van der Waals surface area contributed by atoms with Crippen LogP contribution in [0.5, 0.6) is 0 Å². The summed E-state index contributed by atoms with van der Waals surface area (Å²) in [4.78, 5) is 12.3. The molecule has 0 aliphatic rings. The van der Waals surface area contributed by atoms with E-state index in [4.69, 9.17) is 0 Å². The first-order valence-electron chi connectivity index (χ1n) is 12.2. The fourth-order valence-electron chi connectivity index (χ4n) is 4.40. The van der Waals surface area contributed by atoms with Gasteiger partial charge in [0.1, 0.15) is 11.5 Å². The number of fused-ring (bicyclic) bond motifs is 1. The van der Waals surface area contributed by atoms with Gasteiger partial charge in [0, 0.05) is 46.3 Å². The van der Waals surface area contributed by atoms with Crippen molar-refractivity contribution in [2.75, 3.05) is 5.32 Å². The van der Waals surface area contributed by atoms with E-state index in [2.05, 4.69) is 57.0 Å². The Morgan fingerprint density at radius 3 is 2.73 bits per heavy atom. The third-order valence-electron chi connectivity index (χ3n) is 6.17. The summed E-state index contributed by atoms with van der Waals surface area (Å²) in [6, 6.07) is 11.3. The molecule has 0 aliphatic carbocycles. The maximum absolute atomic E-state index is 14.1. The zero-order valence-electron chi connectivity index (χ0n) is 21.4. The van der Waals surface area contributed by atoms with E-state index in [1.54, 1.807) is 6.20 Å². The molecule has 7 heteroatoms. The van der Waals surface area contributed by atoms with Crippen molar-refractivity contribution in [1.29, 1.82) is 0 Å². The minimum Gasteiger partial charge on any atom is -0.382 e. The number of benzene rings is 1. The topological polar surface area (TPSA) is 82.3 Å². The molecule has 0 bridgehead atoms. The Hall–Kier alpha value is -4.52. The summed E-state index contributed by atoms with van der Waals surface area (Å²) in [6.45, 7) is 12.4. The molecule has 0 spiro atoms. The quantitative estimate of drug-likeness (QED) is 0.289. The molecular weight excluding hydrogens is 463 g/mol. The number of H-pyrrole nitrogens is 2. The Balaban J connectivity index is 1.49. The molecule has 0 unspecified atom stereocenters. The Labute approximate surface area is 214 Å². The Morgan fingerprint density at radius 1 is 1.11 bits per heavy atom. The smallest absolute Gasteiger partial charge is 0.124 e. The first-order valence-corrected chi connectivity index (χ1v) is 12.2. The van der Waals surface area contributed by atoms with E-state index in [1.165, 1.54) is 12.1 Å². The Kier molecular flexibility index (Phi) is 6.44. The second kappa shape index (κ2) is 9.85. The van der Waals surface area contributed by atoms with Crippen molar-refractivity contribution in [3.8, 4) is 22.6 Å². The van der Waals surface area contributed by atoms with Gasteiger partial charge in [0.25, 0.3) is 0 Å². The predicted molar refractivity (Wildman–Crippen MR) is 150 cm³/mol. The van der Waals surface area contributed by atoms with Crippen LogP contribution in [0.4, 0.5) is 10.1 Å². The number of aromatic nitrogens is 5. The van der Waals surface area contributed by atoms with Crippen molar-refractivity contribution in [2.24, 2.45) is 0 Å². The largest absolute Gasteiger partial charge is 0.382 e. The lowest BCUT2D eigenvalue weighted by atomic mass is 10.0. The van der Waals surface area contributed by atoms with Crippen LogP contribution in [-0.2, 0) is 0 Å². The van der Waals surface area contributed by atoms with Gasteiger partial charge < -0.3 is 10.3 Å². The van der Waals surface area contributed by atoms with Gasteiger partial charge >= 0.3 is 0 Å². The van der Waals surface area contributed by atoms with E-state index in [1.807, 2.05) is 56.6 Å². The first-order chi connectivity index (χ1) is 17.8. The van der Waals surface area contributed by atoms with Crippen LogP contribution in [0.25, 0.3) is 51.8 Å². The molecule has 37 heavy (non-hydrogen) atoms. The summed E-state index contributed by atoms with van der Waals surface area (Å²) < 4.78 is 14.1. The maximum Gasteiger partial charge on any atom is 0.124 e. The number of aryl methyl sites for hydroxylation is 1. The first kappa shape index (κ1) is 24.2. The number of aromatic amines is 2. The molecule has 0 atom stereocenters. The molecule has 0 saturated heterocycles. The Bertz CT molecular complexity index is 1720. The molecule has 3 N–H and O–H groups in total. The van der Waals surface area contributed by atoms with Crippen molar-refractivity contribution < 1.29 is 4.39 Å². The molecule has 186 valence electrons. The average molecular weight is 493 g/mol. The highest BCUT2D eigenvalue weighted by Crippen LogP contribution is 2.30. The van der Waals surface area contributed by atoms with Crippen molar-refractivity contribution in [3.05, 3.63) is 88.6 Å². The minimum absolute atomic E-state index is 0.279. The molecule has 6 nitrogen and oxygen atoms in total. The van der Waals surface area contributed by atoms with Crippen LogP contribution in [-0.4, -0.2) is 31.2 Å². The molecule has 5 rings (SSSR count). The van der Waals surface area contributed by atoms with E-state index >= 15 is 0 Å². The van der Waals surface area contributed by atoms with Gasteiger partial charge in [-0.25, -0.2) is 4.39 Å². The molecule has 1 aromatic carbocycles. The summed E-state index contributed by atoms with van der Waals surface area (Å²) >= 11 is 0. The summed E-state index contributed by atoms with van der Waals surface area (Å²) in [5.41, 5.74) is 7.84. The average Bonchev–Trinajstić information content (AvgIpc) is 3.44. The van der Waals surface area contributed by atoms with Crippen LogP contribution in [0.15, 0.2) is 61.1 Å². The van der Waals surface area contributed by atoms with Gasteiger partial charge in [-0.2, -0.15) is 5.10 Å². The number of hydrogen-bond acceptors (Lipinski definition) is 4. The highest BCUT2D eigenvalue weighted by Gasteiger charge is 2.13. The van der Waals surface area contributed by atoms with E-state index in [0.717, 1.165) is 66.5 Å². The van der Waals surface area contributed by atoms with Crippen molar-refractivity contribution >= 4 is 34.8 Å². The number of nitrogens with zero attached hydrogens (tertiary/aromatic N) is 3. The van der Waals surface area contributed by atoms with E-state index in [-0.39, 0.29) is 5.82 Å². The van der Waals surface area contributed by atoms with Crippen LogP contribution in [0.1, 0.15) is 31.9 Å². The third-order valence-corrected chi connectivity index (χ3v) is 6.17. The Morgan fingerprint density at radius 2 is 1.95 bits per heavy atom. The standard InChI is InChI=1S/C30H29FN6/c1-17(2)34-24-13-22(15-32-16-24)19(4)6-7-26-20(5)29(37-36-26)28-14-25-27(35-28)8-9-33-30(25)21-10-18(3)11-23(31)12-21/h6-17,34-36H,5H2,1-4H3/b19-6+,26-7+. The third kappa shape index (κ3) is 5.07. The van der Waals surface area contributed by atoms with E-state index in [9.17, 15) is 4.39 Å². The van der Waals surface area contributed by atoms with Crippen LogP contribution in [0.3, 0.4) is 0 Å². The fraction of sp³-hybridized carbons (Fsp3) is 0.167. The number of pyridine rings is 2. The molecule has 5 aromatic rings. The lowest BCUT2D eigenvalue weighted by Crippen LogP contribution is -2.21. The molecule has 4 aromatic heterocycles. The second-order valence-corrected chi connectivity index (χ2v) is 9.56. The van der Waals surface area contributed by atoms with Gasteiger partial charge in [-0.1, -0.05) is 12.7 Å². The van der Waals surface area contributed by atoms with Crippen LogP contribution < -0.4 is 15.9 Å². The van der Waals surface area contributed by atoms with E-state index < -0.39 is 0 Å². The van der Waals surface area contributed by atoms with Gasteiger partial charge in [0.2, 0.25) is 0 Å². The van der Waals surface area contributed by atoms with Gasteiger partial charge in [-0.15, -0.1) is 0 Å². The van der Waals surface area contributed by atoms with E-state index in [0.29, 0.717) is 6.04 Å². The highest BCUT2D eigenvalue weighted by molar-refractivity contribution is 5.96. The van der Waals surface area contributed by atoms with Crippen molar-refractivity contribution in [3.63, 3.8) is 0 Å².